The summed E-state index contributed by atoms with van der Waals surface area (Å²) in [7, 11) is 4.27. The monoisotopic (exact) mass is 257 g/mol. The van der Waals surface area contributed by atoms with E-state index in [4.69, 9.17) is 14.2 Å². The van der Waals surface area contributed by atoms with Gasteiger partial charge in [-0.1, -0.05) is 6.07 Å². The highest BCUT2D eigenvalue weighted by Crippen LogP contribution is 2.20. The van der Waals surface area contributed by atoms with Gasteiger partial charge in [0.15, 0.2) is 6.29 Å². The van der Waals surface area contributed by atoms with Crippen molar-refractivity contribution in [3.8, 4) is 5.75 Å². The van der Waals surface area contributed by atoms with E-state index in [1.54, 1.807) is 0 Å². The first-order valence-corrected chi connectivity index (χ1v) is 5.30. The van der Waals surface area contributed by atoms with Gasteiger partial charge in [-0.2, -0.15) is 0 Å². The van der Waals surface area contributed by atoms with Gasteiger partial charge in [0.05, 0.1) is 13.7 Å². The fourth-order valence-corrected chi connectivity index (χ4v) is 1.42. The van der Waals surface area contributed by atoms with Crippen molar-refractivity contribution in [2.75, 3.05) is 27.9 Å². The van der Waals surface area contributed by atoms with Crippen molar-refractivity contribution < 1.29 is 23.4 Å². The number of amides is 1. The zero-order valence-corrected chi connectivity index (χ0v) is 10.5. The first-order chi connectivity index (χ1) is 8.63. The highest BCUT2D eigenvalue weighted by molar-refractivity contribution is 5.97. The van der Waals surface area contributed by atoms with Crippen LogP contribution in [0.1, 0.15) is 10.4 Å². The van der Waals surface area contributed by atoms with Crippen LogP contribution in [0.3, 0.4) is 0 Å². The Hall–Kier alpha value is -1.66. The Labute approximate surface area is 105 Å². The molecule has 0 atom stereocenters. The van der Waals surface area contributed by atoms with Crippen molar-refractivity contribution in [1.82, 2.24) is 5.32 Å². The maximum atomic E-state index is 13.6. The molecule has 0 radical (unpaired) electrons. The van der Waals surface area contributed by atoms with Gasteiger partial charge < -0.3 is 19.5 Å². The molecule has 1 rings (SSSR count). The van der Waals surface area contributed by atoms with E-state index in [1.807, 2.05) is 0 Å². The van der Waals surface area contributed by atoms with E-state index in [0.29, 0.717) is 0 Å². The van der Waals surface area contributed by atoms with Gasteiger partial charge in [0.2, 0.25) is 0 Å². The number of ether oxygens (including phenoxy) is 3. The molecule has 6 heteroatoms. The van der Waals surface area contributed by atoms with Crippen molar-refractivity contribution >= 4 is 5.91 Å². The lowest BCUT2D eigenvalue weighted by molar-refractivity contribution is -0.0974. The summed E-state index contributed by atoms with van der Waals surface area (Å²) in [6.45, 7) is 0.114. The van der Waals surface area contributed by atoms with Crippen LogP contribution in [-0.4, -0.2) is 40.1 Å². The molecule has 0 aliphatic carbocycles. The van der Waals surface area contributed by atoms with Gasteiger partial charge in [0.1, 0.15) is 17.1 Å². The van der Waals surface area contributed by atoms with E-state index < -0.39 is 18.0 Å². The number of carbonyl (C=O) groups is 1. The quantitative estimate of drug-likeness (QED) is 0.778. The first-order valence-electron chi connectivity index (χ1n) is 5.30. The van der Waals surface area contributed by atoms with E-state index in [1.165, 1.54) is 39.5 Å². The highest BCUT2D eigenvalue weighted by atomic mass is 19.1. The zero-order valence-electron chi connectivity index (χ0n) is 10.5. The molecular weight excluding hydrogens is 241 g/mol. The highest BCUT2D eigenvalue weighted by Gasteiger charge is 2.18. The number of benzene rings is 1. The fraction of sp³-hybridized carbons (Fsp3) is 0.417. The molecule has 1 aromatic rings. The molecule has 0 bridgehead atoms. The normalized spacial score (nSPS) is 10.5. The van der Waals surface area contributed by atoms with Gasteiger partial charge in [0.25, 0.3) is 5.91 Å². The van der Waals surface area contributed by atoms with Crippen molar-refractivity contribution in [2.24, 2.45) is 0 Å². The number of rotatable bonds is 6. The maximum absolute atomic E-state index is 13.6. The summed E-state index contributed by atoms with van der Waals surface area (Å²) in [5.41, 5.74) is -0.133. The minimum atomic E-state index is -0.641. The molecule has 1 N–H and O–H groups in total. The van der Waals surface area contributed by atoms with E-state index in [2.05, 4.69) is 5.32 Å². The molecule has 0 saturated carbocycles. The second kappa shape index (κ2) is 6.93. The molecule has 100 valence electrons. The molecule has 0 aliphatic heterocycles. The average Bonchev–Trinajstić information content (AvgIpc) is 2.39. The third-order valence-corrected chi connectivity index (χ3v) is 2.38. The zero-order chi connectivity index (χ0) is 13.5. The minimum absolute atomic E-state index is 0.114. The van der Waals surface area contributed by atoms with Crippen LogP contribution in [-0.2, 0) is 9.47 Å². The van der Waals surface area contributed by atoms with Gasteiger partial charge in [0, 0.05) is 14.2 Å². The number of carbonyl (C=O) groups excluding carboxylic acids is 1. The van der Waals surface area contributed by atoms with Gasteiger partial charge >= 0.3 is 0 Å². The Balaban J connectivity index is 2.78. The SMILES string of the molecule is COc1cccc(F)c1C(=O)NCC(OC)OC. The van der Waals surface area contributed by atoms with Crippen LogP contribution in [0.4, 0.5) is 4.39 Å². The lowest BCUT2D eigenvalue weighted by Gasteiger charge is -2.15. The van der Waals surface area contributed by atoms with E-state index in [-0.39, 0.29) is 17.9 Å². The summed E-state index contributed by atoms with van der Waals surface area (Å²) in [5, 5.41) is 2.51. The Morgan fingerprint density at radius 1 is 1.33 bits per heavy atom. The molecule has 18 heavy (non-hydrogen) atoms. The van der Waals surface area contributed by atoms with Crippen LogP contribution in [0.5, 0.6) is 5.75 Å². The van der Waals surface area contributed by atoms with Crippen molar-refractivity contribution in [2.45, 2.75) is 6.29 Å². The Kier molecular flexibility index (Phi) is 5.54. The van der Waals surface area contributed by atoms with Crippen LogP contribution in [0.25, 0.3) is 0 Å². The molecule has 0 unspecified atom stereocenters. The summed E-state index contributed by atoms with van der Waals surface area (Å²) in [4.78, 5) is 11.8. The lowest BCUT2D eigenvalue weighted by atomic mass is 10.1. The molecule has 0 saturated heterocycles. The van der Waals surface area contributed by atoms with Gasteiger partial charge in [-0.15, -0.1) is 0 Å². The third-order valence-electron chi connectivity index (χ3n) is 2.38. The van der Waals surface area contributed by atoms with Crippen molar-refractivity contribution in [3.63, 3.8) is 0 Å². The number of halogens is 1. The number of nitrogens with one attached hydrogen (secondary N) is 1. The predicted octanol–water partition coefficient (Wildman–Crippen LogP) is 1.18. The molecule has 0 heterocycles. The topological polar surface area (TPSA) is 56.8 Å². The van der Waals surface area contributed by atoms with Crippen LogP contribution < -0.4 is 10.1 Å². The second-order valence-corrected chi connectivity index (χ2v) is 3.43. The molecule has 5 nitrogen and oxygen atoms in total. The van der Waals surface area contributed by atoms with Crippen molar-refractivity contribution in [1.29, 1.82) is 0 Å². The van der Waals surface area contributed by atoms with E-state index >= 15 is 0 Å². The molecule has 0 spiro atoms. The molecular formula is C12H16FNO4. The maximum Gasteiger partial charge on any atom is 0.258 e. The molecule has 0 fully saturated rings. The summed E-state index contributed by atoms with van der Waals surface area (Å²) >= 11 is 0. The van der Waals surface area contributed by atoms with Gasteiger partial charge in [-0.25, -0.2) is 4.39 Å². The van der Waals surface area contributed by atoms with Gasteiger partial charge in [-0.05, 0) is 12.1 Å². The van der Waals surface area contributed by atoms with Crippen LogP contribution in [0.15, 0.2) is 18.2 Å². The molecule has 1 amide bonds. The van der Waals surface area contributed by atoms with E-state index in [0.717, 1.165) is 0 Å². The number of methoxy groups -OCH3 is 3. The summed E-state index contributed by atoms with van der Waals surface area (Å²) in [5.74, 6) is -1.04. The Morgan fingerprint density at radius 2 is 2.00 bits per heavy atom. The lowest BCUT2D eigenvalue weighted by Crippen LogP contribution is -2.34. The number of hydrogen-bond donors (Lipinski definition) is 1. The average molecular weight is 257 g/mol. The fourth-order valence-electron chi connectivity index (χ4n) is 1.42. The Bertz CT molecular complexity index is 407. The predicted molar refractivity (Wildman–Crippen MR) is 63.1 cm³/mol. The first kappa shape index (κ1) is 14.4. The standard InChI is InChI=1S/C12H16FNO4/c1-16-9-6-4-5-8(13)11(9)12(15)14-7-10(17-2)18-3/h4-6,10H,7H2,1-3H3,(H,14,15). The summed E-state index contributed by atoms with van der Waals surface area (Å²) in [6.07, 6.45) is -0.577. The minimum Gasteiger partial charge on any atom is -0.496 e. The number of hydrogen-bond acceptors (Lipinski definition) is 4. The third kappa shape index (κ3) is 3.41. The van der Waals surface area contributed by atoms with Crippen LogP contribution >= 0.6 is 0 Å². The molecule has 1 aromatic carbocycles. The Morgan fingerprint density at radius 3 is 2.56 bits per heavy atom. The summed E-state index contributed by atoms with van der Waals surface area (Å²) < 4.78 is 28.3. The van der Waals surface area contributed by atoms with Crippen LogP contribution in [0.2, 0.25) is 0 Å². The molecule has 0 aliphatic rings. The van der Waals surface area contributed by atoms with Crippen molar-refractivity contribution in [3.05, 3.63) is 29.6 Å². The van der Waals surface area contributed by atoms with E-state index in [9.17, 15) is 9.18 Å². The largest absolute Gasteiger partial charge is 0.496 e. The second-order valence-electron chi connectivity index (χ2n) is 3.43. The van der Waals surface area contributed by atoms with Crippen LogP contribution in [0, 0.1) is 5.82 Å². The smallest absolute Gasteiger partial charge is 0.258 e. The summed E-state index contributed by atoms with van der Waals surface area (Å²) in [6, 6.07) is 4.18. The van der Waals surface area contributed by atoms with Gasteiger partial charge in [-0.3, -0.25) is 4.79 Å². The molecule has 0 aromatic heterocycles.